The van der Waals surface area contributed by atoms with Crippen molar-refractivity contribution in [3.8, 4) is 11.5 Å². The van der Waals surface area contributed by atoms with Crippen LogP contribution in [0, 0.1) is 0 Å². The minimum Gasteiger partial charge on any atom is -0.497 e. The van der Waals surface area contributed by atoms with E-state index in [1.165, 1.54) is 0 Å². The van der Waals surface area contributed by atoms with Crippen molar-refractivity contribution in [2.75, 3.05) is 7.11 Å². The largest absolute Gasteiger partial charge is 0.497 e. The van der Waals surface area contributed by atoms with Crippen molar-refractivity contribution in [2.24, 2.45) is 0 Å². The van der Waals surface area contributed by atoms with Gasteiger partial charge in [0, 0.05) is 0 Å². The average Bonchev–Trinajstić information content (AvgIpc) is 2.26. The van der Waals surface area contributed by atoms with Crippen molar-refractivity contribution >= 4 is 16.8 Å². The molecule has 82 valence electrons. The number of methoxy groups -OCH3 is 1. The topological polar surface area (TPSA) is 35.5 Å². The molecule has 0 saturated heterocycles. The first-order valence-electron chi connectivity index (χ1n) is 4.67. The molecule has 4 heteroatoms. The van der Waals surface area contributed by atoms with Crippen LogP contribution in [0.4, 0.5) is 0 Å². The Hall–Kier alpha value is -1.22. The summed E-state index contributed by atoms with van der Waals surface area (Å²) in [6.07, 6.45) is -0.0333. The van der Waals surface area contributed by atoms with Gasteiger partial charge in [0.1, 0.15) is 11.5 Å². The number of ether oxygens (including phenoxy) is 2. The monoisotopic (exact) mass is 228 g/mol. The molecule has 1 aromatic carbocycles. The minimum absolute atomic E-state index is 0.478. The van der Waals surface area contributed by atoms with Crippen LogP contribution in [0.15, 0.2) is 24.3 Å². The van der Waals surface area contributed by atoms with Gasteiger partial charge in [0.25, 0.3) is 5.24 Å². The van der Waals surface area contributed by atoms with E-state index in [4.69, 9.17) is 21.1 Å². The molecule has 0 bridgehead atoms. The number of halogens is 1. The molecule has 1 aromatic rings. The fourth-order valence-corrected chi connectivity index (χ4v) is 1.31. The average molecular weight is 229 g/mol. The second-order valence-corrected chi connectivity index (χ2v) is 3.37. The molecule has 0 N–H and O–H groups in total. The van der Waals surface area contributed by atoms with Gasteiger partial charge in [0.2, 0.25) is 0 Å². The van der Waals surface area contributed by atoms with Gasteiger partial charge in [-0.2, -0.15) is 0 Å². The van der Waals surface area contributed by atoms with Gasteiger partial charge in [-0.3, -0.25) is 4.79 Å². The summed E-state index contributed by atoms with van der Waals surface area (Å²) in [6.45, 7) is 1.84. The Morgan fingerprint density at radius 3 is 2.27 bits per heavy atom. The van der Waals surface area contributed by atoms with Crippen molar-refractivity contribution in [1.82, 2.24) is 0 Å². The number of carbonyl (C=O) groups excluding carboxylic acids is 1. The first-order chi connectivity index (χ1) is 7.17. The SMILES string of the molecule is CC[C@H](Oc1ccc(OC)cc1)C(=O)Cl. The highest BCUT2D eigenvalue weighted by Crippen LogP contribution is 2.19. The van der Waals surface area contributed by atoms with E-state index >= 15 is 0 Å². The number of hydrogen-bond acceptors (Lipinski definition) is 3. The highest BCUT2D eigenvalue weighted by Gasteiger charge is 2.15. The summed E-state index contributed by atoms with van der Waals surface area (Å²) in [4.78, 5) is 10.9. The van der Waals surface area contributed by atoms with E-state index in [2.05, 4.69) is 0 Å². The van der Waals surface area contributed by atoms with Crippen LogP contribution >= 0.6 is 11.6 Å². The highest BCUT2D eigenvalue weighted by molar-refractivity contribution is 6.64. The van der Waals surface area contributed by atoms with E-state index in [0.29, 0.717) is 12.2 Å². The first-order valence-corrected chi connectivity index (χ1v) is 5.05. The molecule has 3 nitrogen and oxygen atoms in total. The van der Waals surface area contributed by atoms with E-state index in [1.54, 1.807) is 31.4 Å². The molecule has 0 heterocycles. The van der Waals surface area contributed by atoms with Crippen LogP contribution in [0.1, 0.15) is 13.3 Å². The number of hydrogen-bond donors (Lipinski definition) is 0. The fourth-order valence-electron chi connectivity index (χ4n) is 1.11. The summed E-state index contributed by atoms with van der Waals surface area (Å²) >= 11 is 5.36. The smallest absolute Gasteiger partial charge is 0.262 e. The normalized spacial score (nSPS) is 11.9. The lowest BCUT2D eigenvalue weighted by molar-refractivity contribution is -0.117. The summed E-state index contributed by atoms with van der Waals surface area (Å²) in [5.41, 5.74) is 0. The highest BCUT2D eigenvalue weighted by atomic mass is 35.5. The van der Waals surface area contributed by atoms with Crippen LogP contribution in [-0.2, 0) is 4.79 Å². The standard InChI is InChI=1S/C11H13ClO3/c1-3-10(11(12)13)15-9-6-4-8(14-2)5-7-9/h4-7,10H,3H2,1-2H3/t10-/m0/s1. The predicted octanol–water partition coefficient (Wildman–Crippen LogP) is 2.62. The molecular weight excluding hydrogens is 216 g/mol. The summed E-state index contributed by atoms with van der Waals surface area (Å²) in [7, 11) is 1.59. The maximum atomic E-state index is 10.9. The number of carbonyl (C=O) groups is 1. The van der Waals surface area contributed by atoms with Gasteiger partial charge in [-0.25, -0.2) is 0 Å². The fraction of sp³-hybridized carbons (Fsp3) is 0.364. The summed E-state index contributed by atoms with van der Waals surface area (Å²) in [5, 5.41) is -0.478. The van der Waals surface area contributed by atoms with Crippen LogP contribution in [-0.4, -0.2) is 18.5 Å². The van der Waals surface area contributed by atoms with Crippen LogP contribution in [0.3, 0.4) is 0 Å². The van der Waals surface area contributed by atoms with E-state index < -0.39 is 11.3 Å². The molecule has 0 amide bonds. The van der Waals surface area contributed by atoms with Crippen LogP contribution in [0.25, 0.3) is 0 Å². The van der Waals surface area contributed by atoms with Gasteiger partial charge in [0.15, 0.2) is 6.10 Å². The summed E-state index contributed by atoms with van der Waals surface area (Å²) in [6, 6.07) is 7.00. The molecule has 1 atom stereocenters. The third-order valence-corrected chi connectivity index (χ3v) is 2.21. The van der Waals surface area contributed by atoms with Crippen LogP contribution in [0.5, 0.6) is 11.5 Å². The molecule has 0 aliphatic rings. The Labute approximate surface area is 93.9 Å². The Kier molecular flexibility index (Phi) is 4.43. The Morgan fingerprint density at radius 2 is 1.87 bits per heavy atom. The first kappa shape index (κ1) is 11.9. The molecule has 0 aliphatic heterocycles. The molecule has 0 unspecified atom stereocenters. The molecule has 0 aromatic heterocycles. The Balaban J connectivity index is 2.67. The Morgan fingerprint density at radius 1 is 1.33 bits per heavy atom. The maximum Gasteiger partial charge on any atom is 0.262 e. The molecule has 15 heavy (non-hydrogen) atoms. The quantitative estimate of drug-likeness (QED) is 0.727. The van der Waals surface area contributed by atoms with Crippen molar-refractivity contribution in [1.29, 1.82) is 0 Å². The number of rotatable bonds is 5. The molecule has 0 aliphatic carbocycles. The van der Waals surface area contributed by atoms with Gasteiger partial charge in [0.05, 0.1) is 7.11 Å². The second kappa shape index (κ2) is 5.61. The molecule has 0 radical (unpaired) electrons. The lowest BCUT2D eigenvalue weighted by Gasteiger charge is -2.13. The lowest BCUT2D eigenvalue weighted by Crippen LogP contribution is -2.22. The molecule has 0 fully saturated rings. The van der Waals surface area contributed by atoms with Crippen molar-refractivity contribution in [2.45, 2.75) is 19.4 Å². The maximum absolute atomic E-state index is 10.9. The van der Waals surface area contributed by atoms with Crippen LogP contribution in [0.2, 0.25) is 0 Å². The molecule has 0 spiro atoms. The van der Waals surface area contributed by atoms with E-state index in [1.807, 2.05) is 6.92 Å². The second-order valence-electron chi connectivity index (χ2n) is 2.99. The molecular formula is C11H13ClO3. The van der Waals surface area contributed by atoms with Gasteiger partial charge >= 0.3 is 0 Å². The van der Waals surface area contributed by atoms with Crippen molar-refractivity contribution in [3.63, 3.8) is 0 Å². The van der Waals surface area contributed by atoms with Crippen LogP contribution < -0.4 is 9.47 Å². The zero-order chi connectivity index (χ0) is 11.3. The van der Waals surface area contributed by atoms with Crippen molar-refractivity contribution in [3.05, 3.63) is 24.3 Å². The van der Waals surface area contributed by atoms with E-state index in [-0.39, 0.29) is 0 Å². The zero-order valence-electron chi connectivity index (χ0n) is 8.70. The van der Waals surface area contributed by atoms with Gasteiger partial charge < -0.3 is 9.47 Å². The number of benzene rings is 1. The Bertz CT molecular complexity index is 321. The summed E-state index contributed by atoms with van der Waals surface area (Å²) < 4.78 is 10.4. The lowest BCUT2D eigenvalue weighted by atomic mass is 10.3. The van der Waals surface area contributed by atoms with Gasteiger partial charge in [-0.05, 0) is 42.3 Å². The molecule has 0 saturated carbocycles. The third-order valence-electron chi connectivity index (χ3n) is 1.96. The third kappa shape index (κ3) is 3.44. The zero-order valence-corrected chi connectivity index (χ0v) is 9.45. The summed E-state index contributed by atoms with van der Waals surface area (Å²) in [5.74, 6) is 1.35. The van der Waals surface area contributed by atoms with Gasteiger partial charge in [-0.1, -0.05) is 6.92 Å². The minimum atomic E-state index is -0.583. The molecule has 1 rings (SSSR count). The van der Waals surface area contributed by atoms with Crippen molar-refractivity contribution < 1.29 is 14.3 Å². The van der Waals surface area contributed by atoms with E-state index in [9.17, 15) is 4.79 Å². The van der Waals surface area contributed by atoms with Gasteiger partial charge in [-0.15, -0.1) is 0 Å². The predicted molar refractivity (Wildman–Crippen MR) is 58.6 cm³/mol. The van der Waals surface area contributed by atoms with E-state index in [0.717, 1.165) is 5.75 Å².